The largest absolute Gasteiger partial charge is 0.490 e. The second kappa shape index (κ2) is 12.9. The van der Waals surface area contributed by atoms with E-state index in [-0.39, 0.29) is 35.0 Å². The van der Waals surface area contributed by atoms with Crippen LogP contribution in [0.3, 0.4) is 0 Å². The Bertz CT molecular complexity index is 1580. The number of carbonyl (C=O) groups is 2. The van der Waals surface area contributed by atoms with Crippen molar-refractivity contribution in [1.29, 1.82) is 0 Å². The van der Waals surface area contributed by atoms with Crippen LogP contribution in [0.15, 0.2) is 52.9 Å². The molecule has 0 saturated heterocycles. The Morgan fingerprint density at radius 2 is 2.02 bits per heavy atom. The molecule has 1 N–H and O–H groups in total. The van der Waals surface area contributed by atoms with Gasteiger partial charge in [0.25, 0.3) is 5.91 Å². The number of nitrogens with one attached hydrogen (secondary N) is 1. The first-order valence-electron chi connectivity index (χ1n) is 15.8. The van der Waals surface area contributed by atoms with Gasteiger partial charge < -0.3 is 14.4 Å². The predicted molar refractivity (Wildman–Crippen MR) is 174 cm³/mol. The minimum Gasteiger partial charge on any atom is -0.490 e. The van der Waals surface area contributed by atoms with Gasteiger partial charge in [0, 0.05) is 42.1 Å². The molecular formula is C34H42ClN3O5S. The molecule has 236 valence electrons. The second-order valence-electron chi connectivity index (χ2n) is 12.8. The van der Waals surface area contributed by atoms with Crippen molar-refractivity contribution in [2.24, 2.45) is 16.2 Å². The normalized spacial score (nSPS) is 30.0. The van der Waals surface area contributed by atoms with Gasteiger partial charge in [-0.3, -0.25) is 14.3 Å². The summed E-state index contributed by atoms with van der Waals surface area (Å²) in [6, 6.07) is 11.5. The maximum atomic E-state index is 13.9. The molecule has 2 aromatic rings. The van der Waals surface area contributed by atoms with E-state index in [2.05, 4.69) is 39.1 Å². The number of fused-ring (bicyclic) bond motifs is 3. The van der Waals surface area contributed by atoms with Crippen molar-refractivity contribution in [1.82, 2.24) is 4.72 Å². The summed E-state index contributed by atoms with van der Waals surface area (Å²) in [5, 5.41) is 0.743. The maximum absolute atomic E-state index is 13.9. The van der Waals surface area contributed by atoms with E-state index < -0.39 is 15.8 Å². The third kappa shape index (κ3) is 6.70. The number of hydrogen-bond donors (Lipinski definition) is 1. The molecular weight excluding hydrogens is 598 g/mol. The van der Waals surface area contributed by atoms with Crippen LogP contribution in [0.5, 0.6) is 5.75 Å². The number of halogens is 1. The first-order valence-corrected chi connectivity index (χ1v) is 17.9. The van der Waals surface area contributed by atoms with Gasteiger partial charge in [-0.25, -0.2) is 4.21 Å². The summed E-state index contributed by atoms with van der Waals surface area (Å²) < 4.78 is 33.2. The standard InChI is InChI=1S/C34H42ClN3O5S/c1-23-15-17-38-21-34(16-6-7-25-19-27(35)12-13-28(25)34)22-43-31-14-11-26(20-29(31)38)33(40)37-44(41,36-32(39)24-9-10-24)18-5-3-4-8-30(23)42-2/h4,8,11-14,19-20,23-24,30H,3,5-7,9-10,15-18,21-22H2,1-2H3,(H,36,37,39,40,41)/b8-4+/t23-,30+,34+,44?/m1/s1. The van der Waals surface area contributed by atoms with Gasteiger partial charge in [0.05, 0.1) is 24.2 Å². The molecule has 2 heterocycles. The van der Waals surface area contributed by atoms with E-state index in [1.165, 1.54) is 11.1 Å². The molecule has 2 bridgehead atoms. The lowest BCUT2D eigenvalue weighted by Gasteiger charge is -2.41. The molecule has 4 atom stereocenters. The second-order valence-corrected chi connectivity index (χ2v) is 15.4. The van der Waals surface area contributed by atoms with Crippen LogP contribution in [-0.2, 0) is 31.3 Å². The van der Waals surface area contributed by atoms with Crippen LogP contribution in [0.25, 0.3) is 0 Å². The van der Waals surface area contributed by atoms with E-state index in [4.69, 9.17) is 21.1 Å². The van der Waals surface area contributed by atoms with E-state index in [1.54, 1.807) is 13.2 Å². The lowest BCUT2D eigenvalue weighted by atomic mass is 9.70. The molecule has 1 fully saturated rings. The Kier molecular flexibility index (Phi) is 9.09. The lowest BCUT2D eigenvalue weighted by molar-refractivity contribution is -0.120. The number of anilines is 1. The van der Waals surface area contributed by atoms with E-state index in [0.29, 0.717) is 30.8 Å². The summed E-state index contributed by atoms with van der Waals surface area (Å²) in [6.45, 7) is 4.17. The van der Waals surface area contributed by atoms with Crippen LogP contribution in [0, 0.1) is 11.8 Å². The molecule has 1 spiro atoms. The van der Waals surface area contributed by atoms with Crippen molar-refractivity contribution in [3.05, 3.63) is 70.3 Å². The number of nitrogens with zero attached hydrogens (tertiary/aromatic N) is 2. The first-order chi connectivity index (χ1) is 21.2. The number of methoxy groups -OCH3 is 1. The van der Waals surface area contributed by atoms with Gasteiger partial charge in [-0.1, -0.05) is 36.7 Å². The van der Waals surface area contributed by atoms with Gasteiger partial charge in [0.2, 0.25) is 5.91 Å². The zero-order valence-corrected chi connectivity index (χ0v) is 27.1. The first kappa shape index (κ1) is 31.1. The molecule has 6 rings (SSSR count). The topological polar surface area (TPSA) is 97.3 Å². The van der Waals surface area contributed by atoms with Crippen molar-refractivity contribution in [2.45, 2.75) is 69.8 Å². The van der Waals surface area contributed by atoms with Gasteiger partial charge in [0.15, 0.2) is 0 Å². The van der Waals surface area contributed by atoms with Crippen LogP contribution >= 0.6 is 11.6 Å². The van der Waals surface area contributed by atoms with Crippen molar-refractivity contribution in [2.75, 3.05) is 37.5 Å². The highest BCUT2D eigenvalue weighted by Gasteiger charge is 2.42. The smallest absolute Gasteiger partial charge is 0.286 e. The number of hydrogen-bond acceptors (Lipinski definition) is 6. The Morgan fingerprint density at radius 1 is 1.18 bits per heavy atom. The van der Waals surface area contributed by atoms with Crippen molar-refractivity contribution in [3.8, 4) is 5.75 Å². The summed E-state index contributed by atoms with van der Waals surface area (Å²) in [5.41, 5.74) is 3.45. The monoisotopic (exact) mass is 639 g/mol. The third-order valence-electron chi connectivity index (χ3n) is 9.53. The summed E-state index contributed by atoms with van der Waals surface area (Å²) in [5.74, 6) is 0.00744. The highest BCUT2D eigenvalue weighted by molar-refractivity contribution is 7.92. The minimum atomic E-state index is -3.30. The molecule has 1 saturated carbocycles. The van der Waals surface area contributed by atoms with Gasteiger partial charge >= 0.3 is 0 Å². The Hall–Kier alpha value is -2.88. The summed E-state index contributed by atoms with van der Waals surface area (Å²) in [7, 11) is -1.56. The molecule has 1 unspecified atom stereocenters. The van der Waals surface area contributed by atoms with E-state index >= 15 is 0 Å². The van der Waals surface area contributed by atoms with Crippen LogP contribution in [0.2, 0.25) is 5.02 Å². The summed E-state index contributed by atoms with van der Waals surface area (Å²) in [6.07, 6.45) is 10.6. The fourth-order valence-electron chi connectivity index (χ4n) is 6.83. The van der Waals surface area contributed by atoms with E-state index in [1.807, 2.05) is 24.3 Å². The van der Waals surface area contributed by atoms with Crippen LogP contribution in [0.4, 0.5) is 5.69 Å². The average molecular weight is 640 g/mol. The number of rotatable bonds is 3. The Morgan fingerprint density at radius 3 is 2.82 bits per heavy atom. The highest BCUT2D eigenvalue weighted by Crippen LogP contribution is 2.45. The van der Waals surface area contributed by atoms with E-state index in [0.717, 1.165) is 62.3 Å². The highest BCUT2D eigenvalue weighted by atomic mass is 35.5. The van der Waals surface area contributed by atoms with Gasteiger partial charge in [-0.15, -0.1) is 4.36 Å². The van der Waals surface area contributed by atoms with Crippen LogP contribution in [0.1, 0.15) is 73.4 Å². The Labute approximate surface area is 265 Å². The zero-order chi connectivity index (χ0) is 30.9. The number of benzene rings is 2. The predicted octanol–water partition coefficient (Wildman–Crippen LogP) is 6.25. The van der Waals surface area contributed by atoms with Gasteiger partial charge in [-0.05, 0) is 98.7 Å². The molecule has 2 aromatic carbocycles. The number of ether oxygens (including phenoxy) is 2. The molecule has 0 aromatic heterocycles. The quantitative estimate of drug-likeness (QED) is 0.399. The number of amides is 2. The molecule has 2 amide bonds. The molecule has 44 heavy (non-hydrogen) atoms. The fourth-order valence-corrected chi connectivity index (χ4v) is 8.67. The number of allylic oxidation sites excluding steroid dienone is 1. The maximum Gasteiger partial charge on any atom is 0.286 e. The lowest BCUT2D eigenvalue weighted by Crippen LogP contribution is -2.46. The molecule has 2 aliphatic carbocycles. The van der Waals surface area contributed by atoms with Crippen LogP contribution in [-0.4, -0.2) is 54.7 Å². The van der Waals surface area contributed by atoms with Crippen LogP contribution < -0.4 is 14.4 Å². The summed E-state index contributed by atoms with van der Waals surface area (Å²) >= 11 is 6.40. The molecule has 10 heteroatoms. The van der Waals surface area contributed by atoms with Crippen molar-refractivity contribution < 1.29 is 23.3 Å². The molecule has 0 radical (unpaired) electrons. The number of carbonyl (C=O) groups excluding carboxylic acids is 2. The zero-order valence-electron chi connectivity index (χ0n) is 25.6. The van der Waals surface area contributed by atoms with Gasteiger partial charge in [-0.2, -0.15) is 0 Å². The van der Waals surface area contributed by atoms with Crippen molar-refractivity contribution >= 4 is 39.0 Å². The number of aryl methyl sites for hydroxylation is 1. The SMILES string of the molecule is CO[C@H]1/C=C/CCCS(=O)(NC(=O)C2CC2)=NC(=O)c2ccc3c(c2)N(CC[C@H]1C)C[C@@]1(CCCc2cc(Cl)ccc21)CO3. The fraction of sp³-hybridized carbons (Fsp3) is 0.529. The van der Waals surface area contributed by atoms with Gasteiger partial charge in [0.1, 0.15) is 15.7 Å². The Balaban J connectivity index is 1.41. The minimum absolute atomic E-state index is 0.0753. The average Bonchev–Trinajstić information content (AvgIpc) is 3.86. The molecule has 8 nitrogen and oxygen atoms in total. The van der Waals surface area contributed by atoms with Crippen molar-refractivity contribution in [3.63, 3.8) is 0 Å². The summed E-state index contributed by atoms with van der Waals surface area (Å²) in [4.78, 5) is 28.6. The third-order valence-corrected chi connectivity index (χ3v) is 11.6. The van der Waals surface area contributed by atoms with E-state index in [9.17, 15) is 13.8 Å². The molecule has 2 aliphatic heterocycles. The molecule has 4 aliphatic rings.